The number of hydrogen-bond acceptors (Lipinski definition) is 6. The first-order valence-corrected chi connectivity index (χ1v) is 11.9. The van der Waals surface area contributed by atoms with Gasteiger partial charge < -0.3 is 5.11 Å². The second-order valence-corrected chi connectivity index (χ2v) is 9.10. The summed E-state index contributed by atoms with van der Waals surface area (Å²) >= 11 is 0. The highest BCUT2D eigenvalue weighted by atomic mass is 19.4. The van der Waals surface area contributed by atoms with Crippen LogP contribution in [-0.4, -0.2) is 45.2 Å². The zero-order valence-electron chi connectivity index (χ0n) is 20.0. The van der Waals surface area contributed by atoms with Crippen LogP contribution in [0.15, 0.2) is 61.1 Å². The normalized spacial score (nSPS) is 19.8. The van der Waals surface area contributed by atoms with Gasteiger partial charge in [-0.15, -0.1) is 0 Å². The van der Waals surface area contributed by atoms with E-state index in [4.69, 9.17) is 4.84 Å². The third-order valence-electron chi connectivity index (χ3n) is 6.46. The van der Waals surface area contributed by atoms with Crippen molar-refractivity contribution in [1.29, 1.82) is 0 Å². The average Bonchev–Trinajstić information content (AvgIpc) is 3.26. The summed E-state index contributed by atoms with van der Waals surface area (Å²) in [5, 5.41) is 12.2. The number of piperidine rings is 1. The van der Waals surface area contributed by atoms with Gasteiger partial charge in [-0.3, -0.25) is 15.1 Å². The number of alkyl halides is 3. The summed E-state index contributed by atoms with van der Waals surface area (Å²) in [7, 11) is 0. The Morgan fingerprint density at radius 3 is 2.66 bits per heavy atom. The minimum Gasteiger partial charge on any atom is -0.393 e. The fourth-order valence-corrected chi connectivity index (χ4v) is 4.49. The summed E-state index contributed by atoms with van der Waals surface area (Å²) in [6, 6.07) is 9.87. The zero-order valence-corrected chi connectivity index (χ0v) is 20.0. The van der Waals surface area contributed by atoms with Crippen LogP contribution in [0.3, 0.4) is 0 Å². The number of nitrogens with zero attached hydrogens (tertiary/aromatic N) is 4. The lowest BCUT2D eigenvalue weighted by Gasteiger charge is -2.29. The first-order chi connectivity index (χ1) is 18.1. The van der Waals surface area contributed by atoms with Gasteiger partial charge in [-0.25, -0.2) is 14.2 Å². The molecule has 0 bridgehead atoms. The number of hydrogen-bond donors (Lipinski definition) is 2. The number of anilines is 1. The topological polar surface area (TPSA) is 87.6 Å². The summed E-state index contributed by atoms with van der Waals surface area (Å²) in [6.45, 7) is 1.90. The molecule has 5 rings (SSSR count). The molecule has 3 aromatic rings. The molecule has 38 heavy (non-hydrogen) atoms. The van der Waals surface area contributed by atoms with Crippen LogP contribution in [0.1, 0.15) is 29.7 Å². The van der Waals surface area contributed by atoms with Gasteiger partial charge >= 0.3 is 12.2 Å². The van der Waals surface area contributed by atoms with E-state index in [1.165, 1.54) is 12.5 Å². The number of amides is 2. The number of carbonyl (C=O) groups excluding carboxylic acids is 1. The lowest BCUT2D eigenvalue weighted by Crippen LogP contribution is -2.54. The van der Waals surface area contributed by atoms with Crippen molar-refractivity contribution < 1.29 is 32.3 Å². The first kappa shape index (κ1) is 25.8. The number of carbonyl (C=O) groups is 1. The molecule has 1 atom stereocenters. The maximum absolute atomic E-state index is 13.8. The fourth-order valence-electron chi connectivity index (χ4n) is 4.49. The molecule has 2 amide bonds. The number of likely N-dealkylation sites (tertiary alicyclic amines) is 1. The Hall–Kier alpha value is -3.87. The van der Waals surface area contributed by atoms with Gasteiger partial charge in [0.15, 0.2) is 11.9 Å². The van der Waals surface area contributed by atoms with Crippen LogP contribution in [0.2, 0.25) is 0 Å². The third-order valence-corrected chi connectivity index (χ3v) is 6.46. The third kappa shape index (κ3) is 5.23. The van der Waals surface area contributed by atoms with Gasteiger partial charge in [-0.05, 0) is 37.1 Å². The summed E-state index contributed by atoms with van der Waals surface area (Å²) in [6.07, 6.45) is 0.486. The van der Waals surface area contributed by atoms with E-state index in [1.54, 1.807) is 36.4 Å². The second-order valence-electron chi connectivity index (χ2n) is 9.10. The first-order valence-electron chi connectivity index (χ1n) is 11.9. The molecular formula is C26H24F4N5O3+. The quantitative estimate of drug-likeness (QED) is 0.352. The van der Waals surface area contributed by atoms with Crippen molar-refractivity contribution in [3.05, 3.63) is 83.7 Å². The smallest absolute Gasteiger partial charge is 0.393 e. The monoisotopic (exact) mass is 530 g/mol. The van der Waals surface area contributed by atoms with Crippen molar-refractivity contribution in [2.75, 3.05) is 18.4 Å². The molecule has 2 aromatic carbocycles. The zero-order chi connectivity index (χ0) is 26.9. The molecule has 0 radical (unpaired) electrons. The van der Waals surface area contributed by atoms with Crippen molar-refractivity contribution >= 4 is 23.5 Å². The van der Waals surface area contributed by atoms with Crippen molar-refractivity contribution in [3.63, 3.8) is 0 Å². The summed E-state index contributed by atoms with van der Waals surface area (Å²) < 4.78 is 52.6. The van der Waals surface area contributed by atoms with Crippen molar-refractivity contribution in [2.24, 2.45) is 0 Å². The molecule has 1 fully saturated rings. The number of halogens is 4. The average molecular weight is 531 g/mol. The number of fused-ring (bicyclic) bond motifs is 1. The van der Waals surface area contributed by atoms with Crippen LogP contribution in [0, 0.1) is 5.82 Å². The molecule has 8 nitrogen and oxygen atoms in total. The molecule has 0 saturated carbocycles. The number of aliphatic hydroxyl groups is 1. The molecule has 1 aromatic heterocycles. The van der Waals surface area contributed by atoms with E-state index >= 15 is 0 Å². The van der Waals surface area contributed by atoms with Crippen LogP contribution in [0.5, 0.6) is 5.88 Å². The van der Waals surface area contributed by atoms with Gasteiger partial charge in [0.05, 0.1) is 17.4 Å². The standard InChI is InChI=1S/C26H23F4N5O3/c27-22-6-5-18(13-21(22)26(28,29)30)33-25(37)35(12-9-17-3-1-2-4-23(17)35)38-24-14-19(31-16-32-24)15-34-10-7-20(36)8-11-34/h1-6,9,12-14,16,20,36H,7-8,10-11,15H2/p+1. The number of urea groups is 1. The predicted molar refractivity (Wildman–Crippen MR) is 131 cm³/mol. The minimum atomic E-state index is -4.93. The van der Waals surface area contributed by atoms with Gasteiger partial charge in [-0.1, -0.05) is 12.1 Å². The molecule has 3 heterocycles. The Bertz CT molecular complexity index is 1370. The van der Waals surface area contributed by atoms with E-state index in [1.807, 2.05) is 0 Å². The van der Waals surface area contributed by atoms with Crippen LogP contribution in [0.4, 0.5) is 33.7 Å². The van der Waals surface area contributed by atoms with Crippen LogP contribution in [-0.2, 0) is 12.7 Å². The molecule has 2 aliphatic rings. The maximum Gasteiger partial charge on any atom is 0.473 e. The number of quaternary nitrogens is 1. The molecule has 12 heteroatoms. The van der Waals surface area contributed by atoms with Gasteiger partial charge in [0.25, 0.3) is 5.88 Å². The summed E-state index contributed by atoms with van der Waals surface area (Å²) in [5.74, 6) is -1.38. The molecule has 1 unspecified atom stereocenters. The number of nitrogens with one attached hydrogen (secondary N) is 1. The SMILES string of the molecule is O=C(Nc1ccc(F)c(C(F)(F)F)c1)[N+]1(Oc2cc(CN3CCC(O)CC3)ncn2)C=Cc2ccccc21. The van der Waals surface area contributed by atoms with E-state index in [2.05, 4.69) is 20.2 Å². The van der Waals surface area contributed by atoms with Crippen LogP contribution < -0.4 is 14.8 Å². The van der Waals surface area contributed by atoms with E-state index in [0.717, 1.165) is 6.07 Å². The number of benzene rings is 2. The molecule has 1 saturated heterocycles. The number of rotatable bonds is 5. The Morgan fingerprint density at radius 1 is 1.13 bits per heavy atom. The Labute approximate surface area is 215 Å². The molecule has 2 N–H and O–H groups in total. The number of aromatic nitrogens is 2. The summed E-state index contributed by atoms with van der Waals surface area (Å²) in [5.41, 5.74) is -0.0361. The number of aliphatic hydroxyl groups excluding tert-OH is 1. The maximum atomic E-state index is 13.8. The Morgan fingerprint density at radius 2 is 1.89 bits per heavy atom. The van der Waals surface area contributed by atoms with E-state index in [9.17, 15) is 27.5 Å². The molecule has 2 aliphatic heterocycles. The molecular weight excluding hydrogens is 506 g/mol. The minimum absolute atomic E-state index is 0.0682. The van der Waals surface area contributed by atoms with Crippen LogP contribution in [0.25, 0.3) is 6.08 Å². The fraction of sp³-hybridized carbons (Fsp3) is 0.269. The molecule has 0 aliphatic carbocycles. The lowest BCUT2D eigenvalue weighted by molar-refractivity contribution is -0.139. The Balaban J connectivity index is 1.44. The number of para-hydroxylation sites is 1. The van der Waals surface area contributed by atoms with Gasteiger partial charge in [-0.2, -0.15) is 18.2 Å². The second kappa shape index (κ2) is 10.1. The highest BCUT2D eigenvalue weighted by Gasteiger charge is 2.47. The van der Waals surface area contributed by atoms with E-state index < -0.39 is 28.2 Å². The Kier molecular flexibility index (Phi) is 6.86. The van der Waals surface area contributed by atoms with Gasteiger partial charge in [0.2, 0.25) is 0 Å². The highest BCUT2D eigenvalue weighted by Crippen LogP contribution is 2.38. The van der Waals surface area contributed by atoms with Crippen molar-refractivity contribution in [2.45, 2.75) is 31.7 Å². The van der Waals surface area contributed by atoms with E-state index in [-0.39, 0.29) is 17.7 Å². The van der Waals surface area contributed by atoms with Crippen LogP contribution >= 0.6 is 0 Å². The summed E-state index contributed by atoms with van der Waals surface area (Å²) in [4.78, 5) is 30.3. The predicted octanol–water partition coefficient (Wildman–Crippen LogP) is 5.11. The number of hydroxylamine groups is 2. The lowest BCUT2D eigenvalue weighted by atomic mass is 10.1. The van der Waals surface area contributed by atoms with Crippen molar-refractivity contribution in [1.82, 2.24) is 19.5 Å². The molecule has 198 valence electrons. The van der Waals surface area contributed by atoms with Gasteiger partial charge in [0.1, 0.15) is 12.1 Å². The van der Waals surface area contributed by atoms with Crippen molar-refractivity contribution in [3.8, 4) is 5.88 Å². The van der Waals surface area contributed by atoms with E-state index in [0.29, 0.717) is 61.6 Å². The molecule has 0 spiro atoms. The largest absolute Gasteiger partial charge is 0.473 e. The van der Waals surface area contributed by atoms with Gasteiger partial charge in [0, 0.05) is 53.7 Å². The highest BCUT2D eigenvalue weighted by molar-refractivity contribution is 6.01.